The molecule has 74 valence electrons. The van der Waals surface area contributed by atoms with Gasteiger partial charge in [0, 0.05) is 10.8 Å². The van der Waals surface area contributed by atoms with Crippen LogP contribution in [0.4, 0.5) is 0 Å². The lowest BCUT2D eigenvalue weighted by Crippen LogP contribution is -2.36. The highest BCUT2D eigenvalue weighted by Crippen LogP contribution is 2.36. The second kappa shape index (κ2) is 3.19. The van der Waals surface area contributed by atoms with Crippen LogP contribution in [0, 0.1) is 0 Å². The van der Waals surface area contributed by atoms with E-state index in [1.165, 1.54) is 24.4 Å². The van der Waals surface area contributed by atoms with E-state index in [-0.39, 0.29) is 0 Å². The monoisotopic (exact) mass is 198 g/mol. The first-order valence-corrected chi connectivity index (χ1v) is 5.98. The summed E-state index contributed by atoms with van der Waals surface area (Å²) in [5.74, 6) is 0. The van der Waals surface area contributed by atoms with Gasteiger partial charge in [-0.25, -0.2) is 0 Å². The molecule has 1 saturated carbocycles. The minimum Gasteiger partial charge on any atom is -0.360 e. The molecule has 1 aliphatic carbocycles. The van der Waals surface area contributed by atoms with Crippen LogP contribution in [0.3, 0.4) is 0 Å². The molecule has 13 heavy (non-hydrogen) atoms. The normalized spacial score (nSPS) is 36.7. The van der Waals surface area contributed by atoms with Crippen LogP contribution < -0.4 is 5.32 Å². The van der Waals surface area contributed by atoms with E-state index >= 15 is 0 Å². The number of amidine groups is 1. The van der Waals surface area contributed by atoms with E-state index in [4.69, 9.17) is 0 Å². The summed E-state index contributed by atoms with van der Waals surface area (Å²) < 4.78 is 0. The van der Waals surface area contributed by atoms with Crippen LogP contribution in [0.15, 0.2) is 4.99 Å². The number of hydrogen-bond acceptors (Lipinski definition) is 3. The first kappa shape index (κ1) is 9.38. The SMILES string of the molecule is CC1CC(C)SC(NC2(C)CC2)=N1. The fourth-order valence-corrected chi connectivity index (χ4v) is 2.94. The summed E-state index contributed by atoms with van der Waals surface area (Å²) in [6.07, 6.45) is 3.82. The van der Waals surface area contributed by atoms with E-state index in [9.17, 15) is 0 Å². The predicted octanol–water partition coefficient (Wildman–Crippen LogP) is 2.40. The summed E-state index contributed by atoms with van der Waals surface area (Å²) in [6.45, 7) is 6.76. The zero-order chi connectivity index (χ0) is 9.47. The topological polar surface area (TPSA) is 24.4 Å². The van der Waals surface area contributed by atoms with Crippen molar-refractivity contribution in [2.45, 2.75) is 56.9 Å². The summed E-state index contributed by atoms with van der Waals surface area (Å²) in [6, 6.07) is 0.501. The Kier molecular flexibility index (Phi) is 2.30. The van der Waals surface area contributed by atoms with E-state index < -0.39 is 0 Å². The number of aliphatic imine (C=N–C) groups is 1. The molecule has 0 radical (unpaired) electrons. The van der Waals surface area contributed by atoms with Crippen LogP contribution >= 0.6 is 11.8 Å². The van der Waals surface area contributed by atoms with Crippen LogP contribution in [0.2, 0.25) is 0 Å². The third-order valence-electron chi connectivity index (χ3n) is 2.73. The number of hydrogen-bond donors (Lipinski definition) is 1. The molecule has 0 aromatic carbocycles. The zero-order valence-corrected chi connectivity index (χ0v) is 9.45. The lowest BCUT2D eigenvalue weighted by molar-refractivity contribution is 0.630. The van der Waals surface area contributed by atoms with Crippen molar-refractivity contribution in [2.24, 2.45) is 4.99 Å². The summed E-state index contributed by atoms with van der Waals surface area (Å²) in [5, 5.41) is 5.44. The van der Waals surface area contributed by atoms with E-state index in [0.29, 0.717) is 11.6 Å². The van der Waals surface area contributed by atoms with Gasteiger partial charge in [0.05, 0.1) is 6.04 Å². The summed E-state index contributed by atoms with van der Waals surface area (Å²) in [5.41, 5.74) is 0.378. The Morgan fingerprint density at radius 2 is 2.15 bits per heavy atom. The van der Waals surface area contributed by atoms with Crippen LogP contribution in [0.1, 0.15) is 40.0 Å². The molecule has 2 rings (SSSR count). The molecule has 2 atom stereocenters. The maximum Gasteiger partial charge on any atom is 0.157 e. The molecule has 2 aliphatic rings. The fourth-order valence-electron chi connectivity index (χ4n) is 1.63. The summed E-state index contributed by atoms with van der Waals surface area (Å²) in [7, 11) is 0. The number of nitrogens with one attached hydrogen (secondary N) is 1. The largest absolute Gasteiger partial charge is 0.360 e. The second-order valence-corrected chi connectivity index (χ2v) is 6.06. The minimum atomic E-state index is 0.378. The molecule has 0 saturated heterocycles. The molecule has 2 nitrogen and oxygen atoms in total. The molecule has 1 N–H and O–H groups in total. The first-order valence-electron chi connectivity index (χ1n) is 5.10. The van der Waals surface area contributed by atoms with Crippen molar-refractivity contribution < 1.29 is 0 Å². The molecule has 0 bridgehead atoms. The minimum absolute atomic E-state index is 0.378. The van der Waals surface area contributed by atoms with Gasteiger partial charge in [0.15, 0.2) is 5.17 Å². The van der Waals surface area contributed by atoms with Crippen LogP contribution in [0.5, 0.6) is 0 Å². The third kappa shape index (κ3) is 2.39. The molecule has 0 amide bonds. The van der Waals surface area contributed by atoms with E-state index in [2.05, 4.69) is 31.1 Å². The van der Waals surface area contributed by atoms with Crippen molar-refractivity contribution in [3.8, 4) is 0 Å². The summed E-state index contributed by atoms with van der Waals surface area (Å²) >= 11 is 1.90. The van der Waals surface area contributed by atoms with Gasteiger partial charge in [0.2, 0.25) is 0 Å². The van der Waals surface area contributed by atoms with Gasteiger partial charge < -0.3 is 5.32 Å². The molecule has 2 unspecified atom stereocenters. The highest BCUT2D eigenvalue weighted by molar-refractivity contribution is 8.14. The van der Waals surface area contributed by atoms with E-state index in [1.54, 1.807) is 0 Å². The Hall–Kier alpha value is -0.180. The highest BCUT2D eigenvalue weighted by Gasteiger charge is 2.38. The van der Waals surface area contributed by atoms with Crippen molar-refractivity contribution in [1.29, 1.82) is 0 Å². The van der Waals surface area contributed by atoms with Gasteiger partial charge in [-0.3, -0.25) is 4.99 Å². The molecule has 1 aliphatic heterocycles. The molecule has 1 heterocycles. The first-order chi connectivity index (χ1) is 6.07. The molecule has 0 spiro atoms. The molecule has 3 heteroatoms. The Morgan fingerprint density at radius 3 is 2.69 bits per heavy atom. The van der Waals surface area contributed by atoms with E-state index in [1.807, 2.05) is 11.8 Å². The smallest absolute Gasteiger partial charge is 0.157 e. The van der Waals surface area contributed by atoms with Crippen molar-refractivity contribution >= 4 is 16.9 Å². The fraction of sp³-hybridized carbons (Fsp3) is 0.900. The Bertz CT molecular complexity index is 233. The van der Waals surface area contributed by atoms with Gasteiger partial charge >= 0.3 is 0 Å². The van der Waals surface area contributed by atoms with Crippen molar-refractivity contribution in [3.63, 3.8) is 0 Å². The predicted molar refractivity (Wildman–Crippen MR) is 59.3 cm³/mol. The molecule has 0 aromatic heterocycles. The Balaban J connectivity index is 1.97. The quantitative estimate of drug-likeness (QED) is 0.699. The number of rotatable bonds is 1. The Labute approximate surface area is 84.6 Å². The zero-order valence-electron chi connectivity index (χ0n) is 8.63. The average molecular weight is 198 g/mol. The van der Waals surface area contributed by atoms with Crippen molar-refractivity contribution in [3.05, 3.63) is 0 Å². The number of thioether (sulfide) groups is 1. The maximum absolute atomic E-state index is 4.63. The molecule has 0 aromatic rings. The maximum atomic E-state index is 4.63. The lowest BCUT2D eigenvalue weighted by Gasteiger charge is -2.25. The highest BCUT2D eigenvalue weighted by atomic mass is 32.2. The van der Waals surface area contributed by atoms with Crippen molar-refractivity contribution in [1.82, 2.24) is 5.32 Å². The van der Waals surface area contributed by atoms with E-state index in [0.717, 1.165) is 5.25 Å². The Morgan fingerprint density at radius 1 is 1.46 bits per heavy atom. The van der Waals surface area contributed by atoms with Gasteiger partial charge in [0.1, 0.15) is 0 Å². The molecular weight excluding hydrogens is 180 g/mol. The third-order valence-corrected chi connectivity index (χ3v) is 3.76. The van der Waals surface area contributed by atoms with Gasteiger partial charge in [-0.1, -0.05) is 18.7 Å². The molecular formula is C10H18N2S. The molecule has 1 fully saturated rings. The van der Waals surface area contributed by atoms with Gasteiger partial charge in [-0.2, -0.15) is 0 Å². The van der Waals surface area contributed by atoms with Crippen LogP contribution in [-0.2, 0) is 0 Å². The van der Waals surface area contributed by atoms with Gasteiger partial charge in [-0.15, -0.1) is 0 Å². The average Bonchev–Trinajstić information content (AvgIpc) is 2.64. The van der Waals surface area contributed by atoms with Gasteiger partial charge in [0.25, 0.3) is 0 Å². The lowest BCUT2D eigenvalue weighted by atomic mass is 10.2. The van der Waals surface area contributed by atoms with Gasteiger partial charge in [-0.05, 0) is 33.1 Å². The number of nitrogens with zero attached hydrogens (tertiary/aromatic N) is 1. The summed E-state index contributed by atoms with van der Waals surface area (Å²) in [4.78, 5) is 4.63. The van der Waals surface area contributed by atoms with Crippen molar-refractivity contribution in [2.75, 3.05) is 0 Å². The van der Waals surface area contributed by atoms with Crippen LogP contribution in [-0.4, -0.2) is 22.0 Å². The van der Waals surface area contributed by atoms with Crippen LogP contribution in [0.25, 0.3) is 0 Å². The standard InChI is InChI=1S/C10H18N2S/c1-7-6-8(2)13-9(11-7)12-10(3)4-5-10/h7-8H,4-6H2,1-3H3,(H,11,12). The second-order valence-electron chi connectivity index (χ2n) is 4.63.